The summed E-state index contributed by atoms with van der Waals surface area (Å²) in [4.78, 5) is 0. The van der Waals surface area contributed by atoms with Crippen LogP contribution in [-0.2, 0) is 15.3 Å². The molecule has 0 bridgehead atoms. The van der Waals surface area contributed by atoms with Crippen LogP contribution in [0.5, 0.6) is 0 Å². The number of halogens is 2. The van der Waals surface area contributed by atoms with Gasteiger partial charge in [-0.25, -0.2) is 0 Å². The minimum absolute atomic E-state index is 0.502. The molecule has 0 fully saturated rings. The smallest absolute Gasteiger partial charge is 0.220 e. The Morgan fingerprint density at radius 3 is 1.80 bits per heavy atom. The Kier molecular flexibility index (Phi) is 4.35. The molecule has 0 unspecified atom stereocenters. The quantitative estimate of drug-likeness (QED) is 0.617. The van der Waals surface area contributed by atoms with E-state index in [4.69, 9.17) is 9.47 Å². The van der Waals surface area contributed by atoms with Crippen LogP contribution in [0.1, 0.15) is 12.5 Å². The topological polar surface area (TPSA) is 18.5 Å². The minimum atomic E-state index is -0.853. The van der Waals surface area contributed by atoms with Gasteiger partial charge in [-0.15, -0.1) is 0 Å². The molecule has 15 heavy (non-hydrogen) atoms. The van der Waals surface area contributed by atoms with Crippen LogP contribution in [-0.4, -0.2) is 17.5 Å². The van der Waals surface area contributed by atoms with Crippen LogP contribution in [0.3, 0.4) is 0 Å². The van der Waals surface area contributed by atoms with Gasteiger partial charge in [0.2, 0.25) is 5.79 Å². The van der Waals surface area contributed by atoms with Crippen LogP contribution in [0.15, 0.2) is 30.3 Å². The molecular weight excluding hydrogens is 324 g/mol. The lowest BCUT2D eigenvalue weighted by Gasteiger charge is -2.39. The predicted octanol–water partition coefficient (Wildman–Crippen LogP) is 3.64. The summed E-state index contributed by atoms with van der Waals surface area (Å²) in [5.41, 5.74) is 0.950. The highest BCUT2D eigenvalue weighted by Crippen LogP contribution is 2.47. The lowest BCUT2D eigenvalue weighted by atomic mass is 10.0. The maximum absolute atomic E-state index is 5.52. The Bertz CT molecular complexity index is 302. The van der Waals surface area contributed by atoms with E-state index >= 15 is 0 Å². The summed E-state index contributed by atoms with van der Waals surface area (Å²) in [6.45, 7) is 1.94. The normalized spacial score (nSPS) is 12.9. The fourth-order valence-electron chi connectivity index (χ4n) is 1.59. The fourth-order valence-corrected chi connectivity index (χ4v) is 2.69. The highest BCUT2D eigenvalue weighted by atomic mass is 79.9. The van der Waals surface area contributed by atoms with Gasteiger partial charge < -0.3 is 9.47 Å². The average Bonchev–Trinajstić information content (AvgIpc) is 2.20. The van der Waals surface area contributed by atoms with E-state index in [0.717, 1.165) is 5.56 Å². The first-order valence-corrected chi connectivity index (χ1v) is 6.10. The zero-order valence-electron chi connectivity index (χ0n) is 8.96. The molecule has 0 amide bonds. The van der Waals surface area contributed by atoms with Gasteiger partial charge in [0.05, 0.1) is 0 Å². The van der Waals surface area contributed by atoms with Gasteiger partial charge in [-0.1, -0.05) is 62.2 Å². The van der Waals surface area contributed by atoms with Crippen molar-refractivity contribution in [2.75, 3.05) is 14.2 Å². The van der Waals surface area contributed by atoms with E-state index in [0.29, 0.717) is 0 Å². The van der Waals surface area contributed by atoms with Gasteiger partial charge in [-0.05, 0) is 6.92 Å². The second kappa shape index (κ2) is 4.95. The molecule has 0 saturated carbocycles. The molecule has 4 heteroatoms. The van der Waals surface area contributed by atoms with Gasteiger partial charge in [-0.2, -0.15) is 0 Å². The van der Waals surface area contributed by atoms with Gasteiger partial charge in [0.1, 0.15) is 3.23 Å². The van der Waals surface area contributed by atoms with E-state index in [1.165, 1.54) is 0 Å². The van der Waals surface area contributed by atoms with E-state index in [1.807, 2.05) is 37.3 Å². The zero-order valence-corrected chi connectivity index (χ0v) is 12.1. The van der Waals surface area contributed by atoms with Crippen molar-refractivity contribution in [3.63, 3.8) is 0 Å². The minimum Gasteiger partial charge on any atom is -0.347 e. The lowest BCUT2D eigenvalue weighted by molar-refractivity contribution is -0.217. The number of rotatable bonds is 4. The molecule has 0 spiro atoms. The predicted molar refractivity (Wildman–Crippen MR) is 68.4 cm³/mol. The SMILES string of the molecule is COC(OC)(c1ccccc1)C(C)(Br)Br. The Morgan fingerprint density at radius 2 is 1.47 bits per heavy atom. The maximum Gasteiger partial charge on any atom is 0.220 e. The van der Waals surface area contributed by atoms with E-state index < -0.39 is 9.02 Å². The van der Waals surface area contributed by atoms with Crippen molar-refractivity contribution in [3.8, 4) is 0 Å². The standard InChI is InChI=1S/C11H14Br2O2/c1-10(12,13)11(14-2,15-3)9-7-5-4-6-8-9/h4-8H,1-3H3. The Labute approximate surface area is 107 Å². The molecule has 1 aromatic rings. The molecule has 0 aliphatic rings. The molecule has 0 heterocycles. The summed E-state index contributed by atoms with van der Waals surface area (Å²) in [7, 11) is 3.24. The Morgan fingerprint density at radius 1 is 1.00 bits per heavy atom. The summed E-state index contributed by atoms with van der Waals surface area (Å²) in [5.74, 6) is -0.853. The molecule has 0 saturated heterocycles. The third-order valence-electron chi connectivity index (χ3n) is 2.31. The third-order valence-corrected chi connectivity index (χ3v) is 3.35. The number of ether oxygens (including phenoxy) is 2. The van der Waals surface area contributed by atoms with Gasteiger partial charge in [-0.3, -0.25) is 0 Å². The third kappa shape index (κ3) is 2.44. The molecule has 0 aliphatic carbocycles. The van der Waals surface area contributed by atoms with Crippen molar-refractivity contribution < 1.29 is 9.47 Å². The first-order chi connectivity index (χ1) is 6.98. The summed E-state index contributed by atoms with van der Waals surface area (Å²) in [5, 5.41) is 0. The Hall–Kier alpha value is 0.1000. The van der Waals surface area contributed by atoms with Crippen LogP contribution < -0.4 is 0 Å². The van der Waals surface area contributed by atoms with Gasteiger partial charge >= 0.3 is 0 Å². The first-order valence-electron chi connectivity index (χ1n) is 4.51. The molecule has 0 N–H and O–H groups in total. The van der Waals surface area contributed by atoms with E-state index in [2.05, 4.69) is 31.9 Å². The van der Waals surface area contributed by atoms with Crippen molar-refractivity contribution in [2.24, 2.45) is 0 Å². The Balaban J connectivity index is 3.24. The summed E-state index contributed by atoms with van der Waals surface area (Å²) < 4.78 is 10.5. The molecule has 1 aromatic carbocycles. The monoisotopic (exact) mass is 336 g/mol. The van der Waals surface area contributed by atoms with Crippen molar-refractivity contribution in [1.82, 2.24) is 0 Å². The van der Waals surface area contributed by atoms with Crippen molar-refractivity contribution in [2.45, 2.75) is 15.9 Å². The summed E-state index contributed by atoms with van der Waals surface area (Å²) in [6, 6.07) is 9.79. The second-order valence-corrected chi connectivity index (χ2v) is 7.52. The van der Waals surface area contributed by atoms with Gasteiger partial charge in [0.25, 0.3) is 0 Å². The number of alkyl halides is 2. The highest BCUT2D eigenvalue weighted by Gasteiger charge is 2.47. The zero-order chi connectivity index (χ0) is 11.5. The van der Waals surface area contributed by atoms with Crippen LogP contribution in [0.25, 0.3) is 0 Å². The number of benzene rings is 1. The molecular formula is C11H14Br2O2. The molecule has 84 valence electrons. The van der Waals surface area contributed by atoms with Crippen molar-refractivity contribution >= 4 is 31.9 Å². The lowest BCUT2D eigenvalue weighted by Crippen LogP contribution is -2.44. The number of methoxy groups -OCH3 is 2. The molecule has 2 nitrogen and oxygen atoms in total. The average molecular weight is 338 g/mol. The van der Waals surface area contributed by atoms with E-state index in [1.54, 1.807) is 14.2 Å². The summed E-state index contributed by atoms with van der Waals surface area (Å²) >= 11 is 7.05. The molecule has 0 aromatic heterocycles. The van der Waals surface area contributed by atoms with Crippen LogP contribution in [0.4, 0.5) is 0 Å². The highest BCUT2D eigenvalue weighted by molar-refractivity contribution is 9.25. The number of hydrogen-bond donors (Lipinski definition) is 0. The second-order valence-electron chi connectivity index (χ2n) is 3.28. The van der Waals surface area contributed by atoms with E-state index in [-0.39, 0.29) is 0 Å². The molecule has 0 atom stereocenters. The van der Waals surface area contributed by atoms with Gasteiger partial charge in [0, 0.05) is 19.8 Å². The molecule has 0 radical (unpaired) electrons. The van der Waals surface area contributed by atoms with Crippen LogP contribution >= 0.6 is 31.9 Å². The van der Waals surface area contributed by atoms with Crippen LogP contribution in [0.2, 0.25) is 0 Å². The first kappa shape index (κ1) is 13.2. The largest absolute Gasteiger partial charge is 0.347 e. The van der Waals surface area contributed by atoms with Crippen LogP contribution in [0, 0.1) is 0 Å². The molecule has 1 rings (SSSR count). The number of hydrogen-bond acceptors (Lipinski definition) is 2. The fraction of sp³-hybridized carbons (Fsp3) is 0.455. The van der Waals surface area contributed by atoms with Crippen molar-refractivity contribution in [3.05, 3.63) is 35.9 Å². The maximum atomic E-state index is 5.52. The van der Waals surface area contributed by atoms with E-state index in [9.17, 15) is 0 Å². The van der Waals surface area contributed by atoms with Gasteiger partial charge in [0.15, 0.2) is 0 Å². The molecule has 0 aliphatic heterocycles. The summed E-state index contributed by atoms with van der Waals surface area (Å²) in [6.07, 6.45) is 0. The van der Waals surface area contributed by atoms with Crippen molar-refractivity contribution in [1.29, 1.82) is 0 Å².